The molecule has 0 saturated heterocycles. The fourth-order valence-electron chi connectivity index (χ4n) is 2.94. The van der Waals surface area contributed by atoms with Gasteiger partial charge in [0.25, 0.3) is 0 Å². The molecule has 0 fully saturated rings. The average molecular weight is 276 g/mol. The van der Waals surface area contributed by atoms with Crippen LogP contribution in [-0.2, 0) is 6.42 Å². The number of hydrogen-bond acceptors (Lipinski definition) is 4. The smallest absolute Gasteiger partial charge is 0.180 e. The van der Waals surface area contributed by atoms with E-state index >= 15 is 0 Å². The number of nitrogens with zero attached hydrogens (tertiary/aromatic N) is 2. The van der Waals surface area contributed by atoms with Gasteiger partial charge in [-0.15, -0.1) is 0 Å². The SMILES string of the molecule is O=C1c2ccccc2C(=O)C1c1cnc2c(n1)CCC=C2. The van der Waals surface area contributed by atoms with Gasteiger partial charge in [-0.25, -0.2) is 0 Å². The molecule has 0 atom stereocenters. The normalized spacial score (nSPS) is 17.0. The second kappa shape index (κ2) is 4.45. The van der Waals surface area contributed by atoms with E-state index in [1.807, 2.05) is 6.08 Å². The van der Waals surface area contributed by atoms with Gasteiger partial charge >= 0.3 is 0 Å². The summed E-state index contributed by atoms with van der Waals surface area (Å²) in [4.78, 5) is 33.8. The van der Waals surface area contributed by atoms with Gasteiger partial charge in [-0.2, -0.15) is 0 Å². The van der Waals surface area contributed by atoms with Gasteiger partial charge in [0.2, 0.25) is 0 Å². The van der Waals surface area contributed by atoms with Crippen LogP contribution in [0, 0.1) is 0 Å². The Balaban J connectivity index is 1.80. The van der Waals surface area contributed by atoms with Gasteiger partial charge in [-0.1, -0.05) is 30.3 Å². The van der Waals surface area contributed by atoms with Crippen LogP contribution in [0.2, 0.25) is 0 Å². The van der Waals surface area contributed by atoms with E-state index in [9.17, 15) is 9.59 Å². The molecular formula is C17H12N2O2. The van der Waals surface area contributed by atoms with Crippen molar-refractivity contribution in [3.63, 3.8) is 0 Å². The Morgan fingerprint density at radius 2 is 1.76 bits per heavy atom. The third-order valence-electron chi connectivity index (χ3n) is 4.00. The number of carbonyl (C=O) groups excluding carboxylic acids is 2. The molecule has 0 radical (unpaired) electrons. The molecule has 4 rings (SSSR count). The fraction of sp³-hybridized carbons (Fsp3) is 0.176. The zero-order chi connectivity index (χ0) is 14.4. The molecule has 0 amide bonds. The second-order valence-electron chi connectivity index (χ2n) is 5.27. The highest BCUT2D eigenvalue weighted by Crippen LogP contribution is 2.33. The van der Waals surface area contributed by atoms with Crippen molar-refractivity contribution in [3.05, 3.63) is 64.7 Å². The fourth-order valence-corrected chi connectivity index (χ4v) is 2.94. The van der Waals surface area contributed by atoms with Crippen LogP contribution in [0.3, 0.4) is 0 Å². The highest BCUT2D eigenvalue weighted by atomic mass is 16.2. The molecule has 0 spiro atoms. The molecule has 0 saturated carbocycles. The molecule has 1 aromatic carbocycles. The van der Waals surface area contributed by atoms with Gasteiger partial charge in [0.1, 0.15) is 5.92 Å². The number of ketones is 2. The molecule has 4 heteroatoms. The molecule has 2 aliphatic carbocycles. The summed E-state index contributed by atoms with van der Waals surface area (Å²) in [6, 6.07) is 6.94. The predicted molar refractivity (Wildman–Crippen MR) is 77.2 cm³/mol. The number of fused-ring (bicyclic) bond motifs is 2. The minimum Gasteiger partial charge on any atom is -0.293 e. The van der Waals surface area contributed by atoms with Crippen LogP contribution in [0.4, 0.5) is 0 Å². The van der Waals surface area contributed by atoms with E-state index in [-0.39, 0.29) is 11.6 Å². The first kappa shape index (κ1) is 12.1. The van der Waals surface area contributed by atoms with Crippen molar-refractivity contribution in [1.29, 1.82) is 0 Å². The second-order valence-corrected chi connectivity index (χ2v) is 5.27. The van der Waals surface area contributed by atoms with Gasteiger partial charge in [0.15, 0.2) is 11.6 Å². The predicted octanol–water partition coefficient (Wildman–Crippen LogP) is 2.60. The number of aromatic nitrogens is 2. The third kappa shape index (κ3) is 1.76. The summed E-state index contributed by atoms with van der Waals surface area (Å²) in [7, 11) is 0. The molecule has 21 heavy (non-hydrogen) atoms. The van der Waals surface area contributed by atoms with Crippen molar-refractivity contribution in [2.75, 3.05) is 0 Å². The number of benzene rings is 1. The maximum atomic E-state index is 12.5. The quantitative estimate of drug-likeness (QED) is 0.751. The third-order valence-corrected chi connectivity index (χ3v) is 4.00. The number of Topliss-reactive ketones (excluding diaryl/α,β-unsaturated/α-hetero) is 2. The van der Waals surface area contributed by atoms with Crippen molar-refractivity contribution in [2.24, 2.45) is 0 Å². The summed E-state index contributed by atoms with van der Waals surface area (Å²) < 4.78 is 0. The van der Waals surface area contributed by atoms with Gasteiger partial charge < -0.3 is 0 Å². The van der Waals surface area contributed by atoms with Crippen molar-refractivity contribution in [2.45, 2.75) is 18.8 Å². The Morgan fingerprint density at radius 1 is 1.05 bits per heavy atom. The Hall–Kier alpha value is -2.62. The van der Waals surface area contributed by atoms with Crippen LogP contribution in [0.25, 0.3) is 6.08 Å². The number of allylic oxidation sites excluding steroid dienone is 1. The molecule has 0 bridgehead atoms. The Morgan fingerprint density at radius 3 is 2.48 bits per heavy atom. The monoisotopic (exact) mass is 276 g/mol. The molecule has 0 unspecified atom stereocenters. The topological polar surface area (TPSA) is 59.9 Å². The number of hydrogen-bond donors (Lipinski definition) is 0. The van der Waals surface area contributed by atoms with E-state index in [2.05, 4.69) is 16.0 Å². The molecule has 2 aromatic rings. The molecular weight excluding hydrogens is 264 g/mol. The van der Waals surface area contributed by atoms with Gasteiger partial charge in [-0.05, 0) is 18.9 Å². The summed E-state index contributed by atoms with van der Waals surface area (Å²) in [6.45, 7) is 0. The van der Waals surface area contributed by atoms with E-state index in [0.29, 0.717) is 16.8 Å². The Kier molecular flexibility index (Phi) is 2.57. The Bertz CT molecular complexity index is 773. The molecule has 0 aliphatic heterocycles. The minimum atomic E-state index is -0.828. The summed E-state index contributed by atoms with van der Waals surface area (Å²) >= 11 is 0. The van der Waals surface area contributed by atoms with Crippen LogP contribution < -0.4 is 0 Å². The number of carbonyl (C=O) groups is 2. The van der Waals surface area contributed by atoms with Crippen LogP contribution in [-0.4, -0.2) is 21.5 Å². The summed E-state index contributed by atoms with van der Waals surface area (Å²) in [5, 5.41) is 0. The molecule has 1 aromatic heterocycles. The van der Waals surface area contributed by atoms with Gasteiger partial charge in [-0.3, -0.25) is 19.6 Å². The van der Waals surface area contributed by atoms with Gasteiger partial charge in [0, 0.05) is 11.1 Å². The summed E-state index contributed by atoms with van der Waals surface area (Å²) in [5.74, 6) is -1.17. The average Bonchev–Trinajstić information content (AvgIpc) is 2.79. The van der Waals surface area contributed by atoms with E-state index in [0.717, 1.165) is 24.2 Å². The lowest BCUT2D eigenvalue weighted by molar-refractivity contribution is 0.0887. The maximum absolute atomic E-state index is 12.5. The first-order valence-corrected chi connectivity index (χ1v) is 6.95. The van der Waals surface area contributed by atoms with Crippen LogP contribution in [0.15, 0.2) is 36.5 Å². The van der Waals surface area contributed by atoms with E-state index < -0.39 is 5.92 Å². The highest BCUT2D eigenvalue weighted by molar-refractivity contribution is 6.29. The maximum Gasteiger partial charge on any atom is 0.180 e. The number of aryl methyl sites for hydroxylation is 1. The molecule has 1 heterocycles. The van der Waals surface area contributed by atoms with Crippen LogP contribution >= 0.6 is 0 Å². The minimum absolute atomic E-state index is 0.170. The first-order valence-electron chi connectivity index (χ1n) is 6.95. The Labute approximate surface area is 121 Å². The summed E-state index contributed by atoms with van der Waals surface area (Å²) in [5.41, 5.74) is 3.15. The standard InChI is InChI=1S/C17H12N2O2/c20-16-10-5-1-2-6-11(10)17(21)15(16)14-9-18-12-7-3-4-8-13(12)19-14/h1-3,5-7,9,15H,4,8H2. The lowest BCUT2D eigenvalue weighted by Crippen LogP contribution is -2.16. The van der Waals surface area contributed by atoms with E-state index in [1.54, 1.807) is 30.5 Å². The van der Waals surface area contributed by atoms with Crippen molar-refractivity contribution >= 4 is 17.6 Å². The molecule has 2 aliphatic rings. The van der Waals surface area contributed by atoms with Crippen LogP contribution in [0.5, 0.6) is 0 Å². The number of rotatable bonds is 1. The highest BCUT2D eigenvalue weighted by Gasteiger charge is 2.40. The zero-order valence-electron chi connectivity index (χ0n) is 11.2. The zero-order valence-corrected chi connectivity index (χ0v) is 11.2. The van der Waals surface area contributed by atoms with Crippen molar-refractivity contribution in [3.8, 4) is 0 Å². The van der Waals surface area contributed by atoms with Crippen molar-refractivity contribution < 1.29 is 9.59 Å². The molecule has 4 nitrogen and oxygen atoms in total. The largest absolute Gasteiger partial charge is 0.293 e. The first-order chi connectivity index (χ1) is 10.3. The van der Waals surface area contributed by atoms with Gasteiger partial charge in [0.05, 0.1) is 23.3 Å². The summed E-state index contributed by atoms with van der Waals surface area (Å²) in [6.07, 6.45) is 7.26. The van der Waals surface area contributed by atoms with E-state index in [4.69, 9.17) is 0 Å². The lowest BCUT2D eigenvalue weighted by atomic mass is 9.99. The lowest BCUT2D eigenvalue weighted by Gasteiger charge is -2.12. The molecule has 0 N–H and O–H groups in total. The van der Waals surface area contributed by atoms with Crippen molar-refractivity contribution in [1.82, 2.24) is 9.97 Å². The van der Waals surface area contributed by atoms with E-state index in [1.165, 1.54) is 0 Å². The molecule has 102 valence electrons. The van der Waals surface area contributed by atoms with Crippen LogP contribution in [0.1, 0.15) is 50.1 Å².